The van der Waals surface area contributed by atoms with Gasteiger partial charge >= 0.3 is 0 Å². The molecule has 1 heterocycles. The fourth-order valence-electron chi connectivity index (χ4n) is 5.03. The minimum absolute atomic E-state index is 0.0129. The fourth-order valence-corrected chi connectivity index (χ4v) is 5.03. The molecular formula is C35H37N3O2. The van der Waals surface area contributed by atoms with Gasteiger partial charge < -0.3 is 14.6 Å². The summed E-state index contributed by atoms with van der Waals surface area (Å²) in [4.78, 5) is 17.9. The lowest BCUT2D eigenvalue weighted by atomic mass is 10.0. The highest BCUT2D eigenvalue weighted by molar-refractivity contribution is 5.80. The number of unbranched alkanes of at least 4 members (excludes halogenated alkanes) is 1. The highest BCUT2D eigenvalue weighted by Crippen LogP contribution is 2.23. The first-order valence-corrected chi connectivity index (χ1v) is 14.2. The number of nitrogens with one attached hydrogen (secondary N) is 1. The number of aromatic nitrogens is 2. The molecule has 5 rings (SSSR count). The van der Waals surface area contributed by atoms with E-state index in [1.165, 1.54) is 11.1 Å². The summed E-state index contributed by atoms with van der Waals surface area (Å²) in [7, 11) is 0. The van der Waals surface area contributed by atoms with Crippen LogP contribution in [0.15, 0.2) is 103 Å². The zero-order valence-electron chi connectivity index (χ0n) is 23.3. The minimum atomic E-state index is -0.211. The number of fused-ring (bicyclic) bond motifs is 1. The van der Waals surface area contributed by atoms with Crippen molar-refractivity contribution in [3.05, 3.63) is 120 Å². The molecule has 0 saturated heterocycles. The molecule has 0 bridgehead atoms. The Bertz CT molecular complexity index is 1520. The Morgan fingerprint density at radius 3 is 2.25 bits per heavy atom. The standard InChI is InChI=1S/C35H37N3O2/c1-3-27-17-21-31(22-18-27)40-24-10-9-23-38-33-14-8-7-13-32(33)37-35(38)26(2)36-34(39)25-28-15-19-30(20-16-28)29-11-5-4-6-12-29/h4-8,11-22,26H,3,9-10,23-25H2,1-2H3,(H,36,39). The van der Waals surface area contributed by atoms with E-state index in [4.69, 9.17) is 9.72 Å². The Hall–Kier alpha value is -4.38. The van der Waals surface area contributed by atoms with Gasteiger partial charge in [-0.15, -0.1) is 0 Å². The Kier molecular flexibility index (Phi) is 8.92. The topological polar surface area (TPSA) is 56.1 Å². The Morgan fingerprint density at radius 1 is 0.825 bits per heavy atom. The predicted molar refractivity (Wildman–Crippen MR) is 162 cm³/mol. The third-order valence-electron chi connectivity index (χ3n) is 7.25. The van der Waals surface area contributed by atoms with Crippen LogP contribution in [-0.2, 0) is 24.2 Å². The van der Waals surface area contributed by atoms with Crippen molar-refractivity contribution in [3.8, 4) is 16.9 Å². The molecule has 0 saturated carbocycles. The van der Waals surface area contributed by atoms with Gasteiger partial charge in [0, 0.05) is 6.54 Å². The minimum Gasteiger partial charge on any atom is -0.494 e. The molecule has 1 amide bonds. The van der Waals surface area contributed by atoms with Gasteiger partial charge in [0.1, 0.15) is 11.6 Å². The summed E-state index contributed by atoms with van der Waals surface area (Å²) < 4.78 is 8.19. The molecule has 204 valence electrons. The van der Waals surface area contributed by atoms with Gasteiger partial charge in [-0.2, -0.15) is 0 Å². The molecule has 0 aliphatic rings. The smallest absolute Gasteiger partial charge is 0.224 e. The van der Waals surface area contributed by atoms with Crippen molar-refractivity contribution in [2.45, 2.75) is 52.1 Å². The summed E-state index contributed by atoms with van der Waals surface area (Å²) in [5.74, 6) is 1.78. The van der Waals surface area contributed by atoms with Crippen molar-refractivity contribution >= 4 is 16.9 Å². The average Bonchev–Trinajstić information content (AvgIpc) is 3.37. The third-order valence-corrected chi connectivity index (χ3v) is 7.25. The quantitative estimate of drug-likeness (QED) is 0.169. The Labute approximate surface area is 236 Å². The number of ether oxygens (including phenoxy) is 1. The number of rotatable bonds is 12. The number of para-hydroxylation sites is 2. The van der Waals surface area contributed by atoms with Crippen molar-refractivity contribution in [2.75, 3.05) is 6.61 Å². The number of amides is 1. The van der Waals surface area contributed by atoms with E-state index in [1.807, 2.05) is 67.6 Å². The van der Waals surface area contributed by atoms with Crippen LogP contribution in [0.2, 0.25) is 0 Å². The molecule has 1 N–H and O–H groups in total. The van der Waals surface area contributed by atoms with Crippen molar-refractivity contribution in [2.24, 2.45) is 0 Å². The molecule has 40 heavy (non-hydrogen) atoms. The van der Waals surface area contributed by atoms with Crippen molar-refractivity contribution in [1.82, 2.24) is 14.9 Å². The Balaban J connectivity index is 1.18. The number of benzene rings is 4. The maximum atomic E-state index is 13.0. The zero-order valence-corrected chi connectivity index (χ0v) is 23.3. The number of nitrogens with zero attached hydrogens (tertiary/aromatic N) is 2. The number of carbonyl (C=O) groups is 1. The van der Waals surface area contributed by atoms with Gasteiger partial charge in [0.05, 0.1) is 30.1 Å². The SMILES string of the molecule is CCc1ccc(OCCCCn2c(C(C)NC(=O)Cc3ccc(-c4ccccc4)cc3)nc3ccccc32)cc1. The summed E-state index contributed by atoms with van der Waals surface area (Å²) in [5.41, 5.74) is 6.65. The van der Waals surface area contributed by atoms with E-state index in [0.29, 0.717) is 13.0 Å². The second-order valence-electron chi connectivity index (χ2n) is 10.2. The van der Waals surface area contributed by atoms with Crippen LogP contribution in [0.1, 0.15) is 49.7 Å². The predicted octanol–water partition coefficient (Wildman–Crippen LogP) is 7.54. The van der Waals surface area contributed by atoms with Crippen LogP contribution in [0, 0.1) is 0 Å². The molecule has 1 aromatic heterocycles. The number of imidazole rings is 1. The van der Waals surface area contributed by atoms with Gasteiger partial charge in [0.15, 0.2) is 0 Å². The van der Waals surface area contributed by atoms with Gasteiger partial charge in [-0.3, -0.25) is 4.79 Å². The van der Waals surface area contributed by atoms with Gasteiger partial charge in [-0.25, -0.2) is 4.98 Å². The maximum Gasteiger partial charge on any atom is 0.224 e. The number of carbonyl (C=O) groups excluding carboxylic acids is 1. The molecule has 4 aromatic carbocycles. The maximum absolute atomic E-state index is 13.0. The molecule has 0 aliphatic heterocycles. The van der Waals surface area contributed by atoms with Crippen molar-refractivity contribution in [1.29, 1.82) is 0 Å². The largest absolute Gasteiger partial charge is 0.494 e. The highest BCUT2D eigenvalue weighted by atomic mass is 16.5. The molecule has 5 heteroatoms. The second-order valence-corrected chi connectivity index (χ2v) is 10.2. The first-order chi connectivity index (χ1) is 19.6. The lowest BCUT2D eigenvalue weighted by molar-refractivity contribution is -0.121. The molecule has 5 aromatic rings. The normalized spacial score (nSPS) is 11.8. The monoisotopic (exact) mass is 531 g/mol. The van der Waals surface area contributed by atoms with E-state index < -0.39 is 0 Å². The third kappa shape index (κ3) is 6.78. The lowest BCUT2D eigenvalue weighted by Crippen LogP contribution is -2.30. The summed E-state index contributed by atoms with van der Waals surface area (Å²) in [5, 5.41) is 3.18. The summed E-state index contributed by atoms with van der Waals surface area (Å²) >= 11 is 0. The van der Waals surface area contributed by atoms with E-state index in [2.05, 4.69) is 59.3 Å². The van der Waals surface area contributed by atoms with Crippen LogP contribution in [0.5, 0.6) is 5.75 Å². The number of aryl methyl sites for hydroxylation is 2. The van der Waals surface area contributed by atoms with Gasteiger partial charge in [0.2, 0.25) is 5.91 Å². The van der Waals surface area contributed by atoms with Gasteiger partial charge in [0.25, 0.3) is 0 Å². The van der Waals surface area contributed by atoms with Crippen LogP contribution in [-0.4, -0.2) is 22.1 Å². The van der Waals surface area contributed by atoms with Crippen molar-refractivity contribution < 1.29 is 9.53 Å². The molecule has 0 spiro atoms. The second kappa shape index (κ2) is 13.1. The zero-order chi connectivity index (χ0) is 27.7. The highest BCUT2D eigenvalue weighted by Gasteiger charge is 2.18. The van der Waals surface area contributed by atoms with E-state index in [0.717, 1.165) is 59.5 Å². The van der Waals surface area contributed by atoms with Crippen molar-refractivity contribution in [3.63, 3.8) is 0 Å². The van der Waals surface area contributed by atoms with Gasteiger partial charge in [-0.1, -0.05) is 85.8 Å². The summed E-state index contributed by atoms with van der Waals surface area (Å²) in [6, 6.07) is 34.8. The first-order valence-electron chi connectivity index (χ1n) is 14.2. The molecule has 1 atom stereocenters. The fraction of sp³-hybridized carbons (Fsp3) is 0.257. The van der Waals surface area contributed by atoms with Crippen LogP contribution in [0.25, 0.3) is 22.2 Å². The van der Waals surface area contributed by atoms with E-state index in [1.54, 1.807) is 0 Å². The van der Waals surface area contributed by atoms with E-state index in [9.17, 15) is 4.79 Å². The van der Waals surface area contributed by atoms with Crippen LogP contribution in [0.4, 0.5) is 0 Å². The summed E-state index contributed by atoms with van der Waals surface area (Å²) in [6.45, 7) is 5.65. The molecule has 0 aliphatic carbocycles. The molecule has 5 nitrogen and oxygen atoms in total. The molecule has 0 radical (unpaired) electrons. The van der Waals surface area contributed by atoms with E-state index in [-0.39, 0.29) is 11.9 Å². The number of hydrogen-bond donors (Lipinski definition) is 1. The molecule has 1 unspecified atom stereocenters. The van der Waals surface area contributed by atoms with Crippen LogP contribution in [0.3, 0.4) is 0 Å². The molecular weight excluding hydrogens is 494 g/mol. The first kappa shape index (κ1) is 27.2. The lowest BCUT2D eigenvalue weighted by Gasteiger charge is -2.17. The summed E-state index contributed by atoms with van der Waals surface area (Å²) in [6.07, 6.45) is 3.24. The van der Waals surface area contributed by atoms with E-state index >= 15 is 0 Å². The van der Waals surface area contributed by atoms with Crippen LogP contribution >= 0.6 is 0 Å². The average molecular weight is 532 g/mol. The molecule has 0 fully saturated rings. The number of hydrogen-bond acceptors (Lipinski definition) is 3. The van der Waals surface area contributed by atoms with Gasteiger partial charge in [-0.05, 0) is 72.7 Å². The Morgan fingerprint density at radius 2 is 1.50 bits per heavy atom. The van der Waals surface area contributed by atoms with Crippen LogP contribution < -0.4 is 10.1 Å².